The number of benzene rings is 2. The lowest BCUT2D eigenvalue weighted by Crippen LogP contribution is -2.50. The molecule has 2 N–H and O–H groups in total. The summed E-state index contributed by atoms with van der Waals surface area (Å²) in [5, 5.41) is 13.7. The maximum atomic E-state index is 11.1. The number of aromatic carboxylic acids is 1. The van der Waals surface area contributed by atoms with E-state index in [-0.39, 0.29) is 0 Å². The van der Waals surface area contributed by atoms with Gasteiger partial charge in [-0.25, -0.2) is 4.79 Å². The monoisotopic (exact) mass is 403 g/mol. The van der Waals surface area contributed by atoms with Crippen LogP contribution in [0, 0.1) is 13.8 Å². The molecule has 0 bridgehead atoms. The highest BCUT2D eigenvalue weighted by atomic mass is 35.5. The molecular weight excluding hydrogens is 382 g/mol. The molecule has 0 unspecified atom stereocenters. The summed E-state index contributed by atoms with van der Waals surface area (Å²) in [6.07, 6.45) is 0. The Morgan fingerprint density at radius 3 is 2.41 bits per heavy atom. The maximum absolute atomic E-state index is 11.1. The number of hydrogen-bond donors (Lipinski definition) is 2. The standard InChI is InChI=1S/C20H22ClN3O2S/c1-13-3-4-15(21)12-18(13)23-7-9-24(10-8-23)20(27)22-16-5-6-17(19(25)26)14(2)11-16/h3-6,11-12H,7-10H2,1-2H3,(H,22,27)(H,25,26). The van der Waals surface area contributed by atoms with Gasteiger partial charge in [0.1, 0.15) is 0 Å². The number of nitrogens with zero attached hydrogens (tertiary/aromatic N) is 2. The average Bonchev–Trinajstić information content (AvgIpc) is 2.63. The number of carboxylic acids is 1. The fourth-order valence-corrected chi connectivity index (χ4v) is 3.72. The molecule has 0 aliphatic carbocycles. The number of thiocarbonyl (C=S) groups is 1. The van der Waals surface area contributed by atoms with E-state index >= 15 is 0 Å². The van der Waals surface area contributed by atoms with Gasteiger partial charge in [0, 0.05) is 42.6 Å². The second-order valence-electron chi connectivity index (χ2n) is 6.67. The van der Waals surface area contributed by atoms with Gasteiger partial charge in [0.15, 0.2) is 5.11 Å². The van der Waals surface area contributed by atoms with Crippen LogP contribution in [-0.4, -0.2) is 47.3 Å². The van der Waals surface area contributed by atoms with Crippen molar-refractivity contribution in [2.75, 3.05) is 36.4 Å². The van der Waals surface area contributed by atoms with E-state index in [0.717, 1.165) is 36.9 Å². The van der Waals surface area contributed by atoms with E-state index in [4.69, 9.17) is 28.9 Å². The highest BCUT2D eigenvalue weighted by molar-refractivity contribution is 7.80. The maximum Gasteiger partial charge on any atom is 0.335 e. The second-order valence-corrected chi connectivity index (χ2v) is 7.49. The molecule has 0 atom stereocenters. The number of carboxylic acid groups (broad SMARTS) is 1. The summed E-state index contributed by atoms with van der Waals surface area (Å²) < 4.78 is 0. The molecule has 1 aliphatic heterocycles. The molecule has 1 fully saturated rings. The van der Waals surface area contributed by atoms with Crippen LogP contribution in [0.25, 0.3) is 0 Å². The van der Waals surface area contributed by atoms with Crippen molar-refractivity contribution >= 4 is 46.3 Å². The molecule has 0 aromatic heterocycles. The molecule has 3 rings (SSSR count). The Hall–Kier alpha value is -2.31. The lowest BCUT2D eigenvalue weighted by Gasteiger charge is -2.38. The second kappa shape index (κ2) is 8.15. The van der Waals surface area contributed by atoms with Crippen molar-refractivity contribution in [3.05, 3.63) is 58.1 Å². The third-order valence-corrected chi connectivity index (χ3v) is 5.38. The smallest absolute Gasteiger partial charge is 0.335 e. The van der Waals surface area contributed by atoms with Gasteiger partial charge in [-0.2, -0.15) is 0 Å². The van der Waals surface area contributed by atoms with E-state index in [1.54, 1.807) is 25.1 Å². The first-order valence-corrected chi connectivity index (χ1v) is 9.55. The van der Waals surface area contributed by atoms with Gasteiger partial charge in [0.2, 0.25) is 0 Å². The number of anilines is 2. The zero-order chi connectivity index (χ0) is 19.6. The van der Waals surface area contributed by atoms with Crippen LogP contribution >= 0.6 is 23.8 Å². The van der Waals surface area contributed by atoms with Crippen LogP contribution in [0.3, 0.4) is 0 Å². The van der Waals surface area contributed by atoms with E-state index in [1.165, 1.54) is 11.3 Å². The molecule has 0 saturated carbocycles. The minimum Gasteiger partial charge on any atom is -0.478 e. The van der Waals surface area contributed by atoms with Crippen LogP contribution in [-0.2, 0) is 0 Å². The number of carbonyl (C=O) groups is 1. The molecule has 142 valence electrons. The van der Waals surface area contributed by atoms with Gasteiger partial charge < -0.3 is 20.2 Å². The quantitative estimate of drug-likeness (QED) is 0.750. The van der Waals surface area contributed by atoms with Crippen molar-refractivity contribution in [1.82, 2.24) is 4.90 Å². The normalized spacial score (nSPS) is 14.2. The predicted octanol–water partition coefficient (Wildman–Crippen LogP) is 4.17. The Morgan fingerprint density at radius 2 is 1.78 bits per heavy atom. The summed E-state index contributed by atoms with van der Waals surface area (Å²) in [5.41, 5.74) is 4.19. The number of hydrogen-bond acceptors (Lipinski definition) is 3. The lowest BCUT2D eigenvalue weighted by atomic mass is 10.1. The first kappa shape index (κ1) is 19.5. The minimum absolute atomic E-state index is 0.303. The third-order valence-electron chi connectivity index (χ3n) is 4.79. The summed E-state index contributed by atoms with van der Waals surface area (Å²) in [5.74, 6) is -0.922. The third kappa shape index (κ3) is 4.51. The van der Waals surface area contributed by atoms with Crippen LogP contribution in [0.2, 0.25) is 5.02 Å². The van der Waals surface area contributed by atoms with E-state index in [1.807, 2.05) is 18.2 Å². The number of nitrogens with one attached hydrogen (secondary N) is 1. The van der Waals surface area contributed by atoms with Crippen LogP contribution in [0.5, 0.6) is 0 Å². The first-order chi connectivity index (χ1) is 12.8. The predicted molar refractivity (Wildman–Crippen MR) is 114 cm³/mol. The number of rotatable bonds is 3. The Kier molecular flexibility index (Phi) is 5.87. The van der Waals surface area contributed by atoms with Crippen LogP contribution in [0.4, 0.5) is 11.4 Å². The Morgan fingerprint density at radius 1 is 1.07 bits per heavy atom. The van der Waals surface area contributed by atoms with E-state index in [9.17, 15) is 4.79 Å². The zero-order valence-electron chi connectivity index (χ0n) is 15.3. The number of piperazine rings is 1. The van der Waals surface area contributed by atoms with Gasteiger partial charge >= 0.3 is 5.97 Å². The van der Waals surface area contributed by atoms with Crippen molar-refractivity contribution < 1.29 is 9.90 Å². The molecule has 5 nitrogen and oxygen atoms in total. The van der Waals surface area contributed by atoms with Crippen molar-refractivity contribution in [3.63, 3.8) is 0 Å². The van der Waals surface area contributed by atoms with E-state index in [0.29, 0.717) is 16.2 Å². The fraction of sp³-hybridized carbons (Fsp3) is 0.300. The SMILES string of the molecule is Cc1cc(NC(=S)N2CCN(c3cc(Cl)ccc3C)CC2)ccc1C(=O)O. The molecule has 2 aromatic rings. The van der Waals surface area contributed by atoms with Gasteiger partial charge in [0.25, 0.3) is 0 Å². The average molecular weight is 404 g/mol. The summed E-state index contributed by atoms with van der Waals surface area (Å²) in [6.45, 7) is 7.21. The molecule has 0 radical (unpaired) electrons. The van der Waals surface area contributed by atoms with Gasteiger partial charge in [0.05, 0.1) is 5.56 Å². The molecule has 1 heterocycles. The summed E-state index contributed by atoms with van der Waals surface area (Å²) in [7, 11) is 0. The van der Waals surface area contributed by atoms with Gasteiger partial charge in [-0.1, -0.05) is 17.7 Å². The highest BCUT2D eigenvalue weighted by Crippen LogP contribution is 2.25. The van der Waals surface area contributed by atoms with Crippen molar-refractivity contribution in [2.45, 2.75) is 13.8 Å². The first-order valence-electron chi connectivity index (χ1n) is 8.76. The van der Waals surface area contributed by atoms with Crippen LogP contribution in [0.15, 0.2) is 36.4 Å². The van der Waals surface area contributed by atoms with Crippen LogP contribution < -0.4 is 10.2 Å². The fourth-order valence-electron chi connectivity index (χ4n) is 3.26. The molecule has 1 aliphatic rings. The molecule has 27 heavy (non-hydrogen) atoms. The number of aryl methyl sites for hydroxylation is 2. The molecule has 0 amide bonds. The molecule has 1 saturated heterocycles. The minimum atomic E-state index is -0.922. The molecule has 2 aromatic carbocycles. The highest BCUT2D eigenvalue weighted by Gasteiger charge is 2.20. The van der Waals surface area contributed by atoms with Crippen molar-refractivity contribution in [3.8, 4) is 0 Å². The number of halogens is 1. The van der Waals surface area contributed by atoms with E-state index < -0.39 is 5.97 Å². The van der Waals surface area contributed by atoms with Crippen molar-refractivity contribution in [2.24, 2.45) is 0 Å². The van der Waals surface area contributed by atoms with Gasteiger partial charge in [-0.3, -0.25) is 0 Å². The Bertz CT molecular complexity index is 880. The van der Waals surface area contributed by atoms with Gasteiger partial charge in [-0.15, -0.1) is 0 Å². The largest absolute Gasteiger partial charge is 0.478 e. The Labute approximate surface area is 169 Å². The zero-order valence-corrected chi connectivity index (χ0v) is 16.9. The van der Waals surface area contributed by atoms with E-state index in [2.05, 4.69) is 22.0 Å². The van der Waals surface area contributed by atoms with Crippen molar-refractivity contribution in [1.29, 1.82) is 0 Å². The molecule has 0 spiro atoms. The van der Waals surface area contributed by atoms with Gasteiger partial charge in [-0.05, 0) is 67.5 Å². The summed E-state index contributed by atoms with van der Waals surface area (Å²) >= 11 is 11.7. The topological polar surface area (TPSA) is 55.8 Å². The molecule has 7 heteroatoms. The van der Waals surface area contributed by atoms with Crippen LogP contribution in [0.1, 0.15) is 21.5 Å². The lowest BCUT2D eigenvalue weighted by molar-refractivity contribution is 0.0696. The summed E-state index contributed by atoms with van der Waals surface area (Å²) in [6, 6.07) is 11.1. The summed E-state index contributed by atoms with van der Waals surface area (Å²) in [4.78, 5) is 15.6. The molecular formula is C20H22ClN3O2S. The Balaban J connectivity index is 1.61.